The third-order valence-corrected chi connectivity index (χ3v) is 7.60. The second kappa shape index (κ2) is 34.5. The fourth-order valence-electron chi connectivity index (χ4n) is 5.03. The Morgan fingerprint density at radius 3 is 1.10 bits per heavy atom. The van der Waals surface area contributed by atoms with E-state index in [1.54, 1.807) is 6.08 Å². The molecule has 39 heavy (non-hydrogen) atoms. The molecule has 0 N–H and O–H groups in total. The van der Waals surface area contributed by atoms with Gasteiger partial charge < -0.3 is 4.74 Å². The van der Waals surface area contributed by atoms with Crippen molar-refractivity contribution in [2.24, 2.45) is 0 Å². The molecule has 0 rings (SSSR count). The second-order valence-corrected chi connectivity index (χ2v) is 11.4. The van der Waals surface area contributed by atoms with Gasteiger partial charge in [-0.1, -0.05) is 204 Å². The van der Waals surface area contributed by atoms with Crippen molar-refractivity contribution in [1.29, 1.82) is 0 Å². The van der Waals surface area contributed by atoms with Crippen LogP contribution >= 0.6 is 0 Å². The second-order valence-electron chi connectivity index (χ2n) is 11.4. The van der Waals surface area contributed by atoms with Crippen LogP contribution in [0.15, 0.2) is 48.6 Å². The molecule has 0 fully saturated rings. The molecule has 0 atom stereocenters. The number of rotatable bonds is 30. The first-order valence-corrected chi connectivity index (χ1v) is 17.1. The van der Waals surface area contributed by atoms with Crippen molar-refractivity contribution >= 4 is 5.97 Å². The average Bonchev–Trinajstić information content (AvgIpc) is 2.95. The molecule has 0 heterocycles. The molecule has 2 nitrogen and oxygen atoms in total. The van der Waals surface area contributed by atoms with Gasteiger partial charge in [-0.05, 0) is 12.8 Å². The van der Waals surface area contributed by atoms with Crippen LogP contribution in [-0.2, 0) is 9.53 Å². The molecule has 0 aromatic heterocycles. The molecule has 0 spiro atoms. The van der Waals surface area contributed by atoms with Crippen molar-refractivity contribution in [2.45, 2.75) is 174 Å². The molecule has 0 saturated carbocycles. The molecule has 0 bridgehead atoms. The van der Waals surface area contributed by atoms with Gasteiger partial charge >= 0.3 is 5.97 Å². The predicted octanol–water partition coefficient (Wildman–Crippen LogP) is 12.5. The number of carbonyl (C=O) groups is 1. The molecule has 0 saturated heterocycles. The van der Waals surface area contributed by atoms with Crippen LogP contribution in [-0.4, -0.2) is 13.1 Å². The van der Waals surface area contributed by atoms with Crippen LogP contribution in [0, 0.1) is 0 Å². The van der Waals surface area contributed by atoms with Crippen LogP contribution in [0.1, 0.15) is 174 Å². The van der Waals surface area contributed by atoms with Gasteiger partial charge in [0.2, 0.25) is 0 Å². The maximum absolute atomic E-state index is 10.9. The van der Waals surface area contributed by atoms with Crippen molar-refractivity contribution in [2.75, 3.05) is 7.11 Å². The fourth-order valence-corrected chi connectivity index (χ4v) is 5.03. The van der Waals surface area contributed by atoms with Gasteiger partial charge in [-0.15, -0.1) is 0 Å². The number of carbonyl (C=O) groups excluding carboxylic acids is 1. The van der Waals surface area contributed by atoms with E-state index in [4.69, 9.17) is 0 Å². The summed E-state index contributed by atoms with van der Waals surface area (Å²) in [5.74, 6) is -0.329. The first-order valence-electron chi connectivity index (χ1n) is 17.1. The molecule has 0 unspecified atom stereocenters. The summed E-state index contributed by atoms with van der Waals surface area (Å²) in [4.78, 5) is 10.9. The van der Waals surface area contributed by atoms with Crippen LogP contribution in [0.3, 0.4) is 0 Å². The summed E-state index contributed by atoms with van der Waals surface area (Å²) in [6, 6.07) is 0. The van der Waals surface area contributed by atoms with E-state index in [2.05, 4.69) is 23.8 Å². The molecular weight excluding hydrogens is 476 g/mol. The van der Waals surface area contributed by atoms with Crippen molar-refractivity contribution in [3.63, 3.8) is 0 Å². The highest BCUT2D eigenvalue weighted by Gasteiger charge is 1.96. The zero-order valence-electron chi connectivity index (χ0n) is 26.3. The largest absolute Gasteiger partial charge is 0.466 e. The van der Waals surface area contributed by atoms with Crippen molar-refractivity contribution in [1.82, 2.24) is 0 Å². The third kappa shape index (κ3) is 34.4. The van der Waals surface area contributed by atoms with E-state index >= 15 is 0 Å². The van der Waals surface area contributed by atoms with Crippen LogP contribution < -0.4 is 0 Å². The van der Waals surface area contributed by atoms with E-state index < -0.39 is 0 Å². The number of esters is 1. The lowest BCUT2D eigenvalue weighted by Gasteiger charge is -2.04. The molecule has 0 aromatic rings. The summed E-state index contributed by atoms with van der Waals surface area (Å²) in [7, 11) is 1.38. The Balaban J connectivity index is 3.18. The normalized spacial score (nSPS) is 12.2. The predicted molar refractivity (Wildman–Crippen MR) is 174 cm³/mol. The van der Waals surface area contributed by atoms with Gasteiger partial charge in [0.15, 0.2) is 0 Å². The maximum atomic E-state index is 10.9. The van der Waals surface area contributed by atoms with Gasteiger partial charge in [-0.2, -0.15) is 0 Å². The molecule has 0 aliphatic rings. The molecule has 226 valence electrons. The molecule has 0 aliphatic heterocycles. The minimum Gasteiger partial charge on any atom is -0.466 e. The Hall–Kier alpha value is -1.57. The van der Waals surface area contributed by atoms with E-state index in [-0.39, 0.29) is 5.97 Å². The highest BCUT2D eigenvalue weighted by atomic mass is 16.5. The van der Waals surface area contributed by atoms with Crippen LogP contribution in [0.2, 0.25) is 0 Å². The zero-order valence-corrected chi connectivity index (χ0v) is 26.3. The topological polar surface area (TPSA) is 26.3 Å². The Bertz CT molecular complexity index is 599. The van der Waals surface area contributed by atoms with Gasteiger partial charge in [-0.3, -0.25) is 0 Å². The summed E-state index contributed by atoms with van der Waals surface area (Å²) < 4.78 is 4.53. The quantitative estimate of drug-likeness (QED) is 0.0390. The molecule has 0 aliphatic carbocycles. The monoisotopic (exact) mass is 543 g/mol. The van der Waals surface area contributed by atoms with E-state index in [0.717, 1.165) is 6.42 Å². The van der Waals surface area contributed by atoms with Gasteiger partial charge in [0.25, 0.3) is 0 Å². The Morgan fingerprint density at radius 2 is 0.744 bits per heavy atom. The SMILES string of the molecule is CCCCCCCCCCCCCCCCCCCCCCCCCCCC=CC=CC=CC=CC(=O)OC. The molecular formula is C37H66O2. The third-order valence-electron chi connectivity index (χ3n) is 7.60. The molecule has 2 heteroatoms. The number of hydrogen-bond donors (Lipinski definition) is 0. The first kappa shape index (κ1) is 37.4. The average molecular weight is 543 g/mol. The summed E-state index contributed by atoms with van der Waals surface area (Å²) in [6.07, 6.45) is 52.4. The Labute approximate surface area is 244 Å². The summed E-state index contributed by atoms with van der Waals surface area (Å²) in [5, 5.41) is 0. The standard InChI is InChI=1S/C37H66O2/c1-3-4-5-6-7-8-9-10-11-12-13-14-15-16-17-18-19-20-21-22-23-24-25-26-27-28-29-30-31-32-33-34-35-36-37(38)39-2/h29-36H,3-28H2,1-2H3. The minimum absolute atomic E-state index is 0.329. The highest BCUT2D eigenvalue weighted by Crippen LogP contribution is 2.16. The van der Waals surface area contributed by atoms with E-state index in [0.29, 0.717) is 0 Å². The number of hydrogen-bond acceptors (Lipinski definition) is 2. The van der Waals surface area contributed by atoms with Crippen molar-refractivity contribution < 1.29 is 9.53 Å². The van der Waals surface area contributed by atoms with Crippen LogP contribution in [0.4, 0.5) is 0 Å². The number of methoxy groups -OCH3 is 1. The number of ether oxygens (including phenoxy) is 1. The molecule has 0 radical (unpaired) electrons. The number of unbranched alkanes of at least 4 members (excludes halogenated alkanes) is 25. The fraction of sp³-hybridized carbons (Fsp3) is 0.757. The molecule has 0 amide bonds. The van der Waals surface area contributed by atoms with Gasteiger partial charge in [0.05, 0.1) is 7.11 Å². The first-order chi connectivity index (χ1) is 19.3. The van der Waals surface area contributed by atoms with Gasteiger partial charge in [0.1, 0.15) is 0 Å². The van der Waals surface area contributed by atoms with E-state index in [1.807, 2.05) is 24.3 Å². The Morgan fingerprint density at radius 1 is 0.436 bits per heavy atom. The highest BCUT2D eigenvalue weighted by molar-refractivity contribution is 5.82. The lowest BCUT2D eigenvalue weighted by Crippen LogP contribution is -1.92. The van der Waals surface area contributed by atoms with Crippen LogP contribution in [0.5, 0.6) is 0 Å². The summed E-state index contributed by atoms with van der Waals surface area (Å²) in [6.45, 7) is 2.30. The minimum atomic E-state index is -0.329. The smallest absolute Gasteiger partial charge is 0.330 e. The van der Waals surface area contributed by atoms with Gasteiger partial charge in [-0.25, -0.2) is 4.79 Å². The van der Waals surface area contributed by atoms with Crippen molar-refractivity contribution in [3.8, 4) is 0 Å². The van der Waals surface area contributed by atoms with E-state index in [1.165, 1.54) is 174 Å². The molecule has 0 aromatic carbocycles. The van der Waals surface area contributed by atoms with Crippen molar-refractivity contribution in [3.05, 3.63) is 48.6 Å². The summed E-state index contributed by atoms with van der Waals surface area (Å²) >= 11 is 0. The van der Waals surface area contributed by atoms with E-state index in [9.17, 15) is 4.79 Å². The van der Waals surface area contributed by atoms with Gasteiger partial charge in [0, 0.05) is 6.08 Å². The lowest BCUT2D eigenvalue weighted by atomic mass is 10.0. The Kier molecular flexibility index (Phi) is 33.1. The number of allylic oxidation sites excluding steroid dienone is 7. The van der Waals surface area contributed by atoms with Crippen LogP contribution in [0.25, 0.3) is 0 Å². The lowest BCUT2D eigenvalue weighted by molar-refractivity contribution is -0.134. The zero-order chi connectivity index (χ0) is 28.3. The maximum Gasteiger partial charge on any atom is 0.330 e. The summed E-state index contributed by atoms with van der Waals surface area (Å²) in [5.41, 5.74) is 0.